The average molecular weight is 1850 g/mol. The summed E-state index contributed by atoms with van der Waals surface area (Å²) in [7, 11) is 3.05. The minimum absolute atomic E-state index is 0.00514. The monoisotopic (exact) mass is 1850 g/mol. The van der Waals surface area contributed by atoms with E-state index in [1.54, 1.807) is 11.9 Å². The summed E-state index contributed by atoms with van der Waals surface area (Å²) in [6, 6.07) is 0.0120. The van der Waals surface area contributed by atoms with Gasteiger partial charge >= 0.3 is 0 Å². The Kier molecular flexibility index (Phi) is 47.2. The molecular weight excluding hydrogens is 1750 g/mol. The van der Waals surface area contributed by atoms with E-state index in [0.29, 0.717) is 25.7 Å². The molecule has 0 bridgehead atoms. The van der Waals surface area contributed by atoms with Crippen molar-refractivity contribution in [1.82, 2.24) is 120 Å². The molecule has 8 fully saturated rings. The Labute approximate surface area is 713 Å². The van der Waals surface area contributed by atoms with E-state index in [1.807, 2.05) is 13.8 Å². The highest BCUT2D eigenvalue weighted by atomic mass is 16.7. The van der Waals surface area contributed by atoms with Gasteiger partial charge in [-0.25, -0.2) is 187 Å². The standard InChI is InChI=1S/C11H22N10O8.C8H17N5O4.C7H15N5O5.C7H13N5O5.C6H13N5O4.2C5H10N6O5/c22-18(23)14-3-1-4-15(19(24)25)9-12(8-14)7-13-10-16(20(26)27)5-2-6-17(11-13)21(28)29;1-8(2)9-6-10(12(14)15)4-3-5-11(7-9)13(16)17;1-17-7-8-5-9(11(13)14)3-2-4-10(6-8)12(15)16;1-7(13)8-5-9(11(14)15)3-2-4-10(6-8)12(16)17;1-7-5-8(10(12)13)3-2-4-9(6-7)11(14)15;2*12-6-7-4-8(10(13)14)2-1-3-9(5-7)11(15)16/h1-11H2;8H,3-7H2,1-2H3;2-7H2,1H3;2-6H2,1H3;2-6H2,1H3;2*1-5H2. The lowest BCUT2D eigenvalue weighted by molar-refractivity contribution is -0.681. The molecule has 78 nitrogen and oxygen atoms in total. The molecule has 78 heteroatoms. The van der Waals surface area contributed by atoms with E-state index in [9.17, 15) is 176 Å². The normalized spacial score (nSPS) is 18.8. The highest BCUT2D eigenvalue weighted by molar-refractivity contribution is 5.73. The number of hydrogen-bond donors (Lipinski definition) is 0. The Morgan fingerprint density at radius 2 is 0.441 bits per heavy atom. The summed E-state index contributed by atoms with van der Waals surface area (Å²) in [5.41, 5.74) is 0. The van der Waals surface area contributed by atoms with Gasteiger partial charge in [0.1, 0.15) is 73.4 Å². The summed E-state index contributed by atoms with van der Waals surface area (Å²) in [6.07, 6.45) is 2.47. The van der Waals surface area contributed by atoms with Crippen LogP contribution >= 0.6 is 0 Å². The number of amides is 1. The predicted octanol–water partition coefficient (Wildman–Crippen LogP) is -5.72. The van der Waals surface area contributed by atoms with Gasteiger partial charge in [0.05, 0.1) is 122 Å². The third-order valence-corrected chi connectivity index (χ3v) is 18.1. The molecule has 8 heterocycles. The summed E-state index contributed by atoms with van der Waals surface area (Å²) in [6.45, 7) is 3.70. The first-order valence-electron chi connectivity index (χ1n) is 37.4. The quantitative estimate of drug-likeness (QED) is 0.0522. The first-order valence-corrected chi connectivity index (χ1v) is 37.4. The molecule has 0 spiro atoms. The van der Waals surface area contributed by atoms with E-state index in [2.05, 4.69) is 10.6 Å². The van der Waals surface area contributed by atoms with Crippen molar-refractivity contribution in [2.75, 3.05) is 239 Å². The number of rotatable bonds is 23. The first kappa shape index (κ1) is 108. The van der Waals surface area contributed by atoms with Gasteiger partial charge < -0.3 is 4.74 Å². The molecule has 722 valence electrons. The van der Waals surface area contributed by atoms with Gasteiger partial charge in [0, 0.05) is 20.1 Å². The third-order valence-electron chi connectivity index (χ3n) is 18.1. The zero-order valence-corrected chi connectivity index (χ0v) is 69.3. The van der Waals surface area contributed by atoms with Crippen LogP contribution in [0.2, 0.25) is 0 Å². The van der Waals surface area contributed by atoms with Crippen LogP contribution in [0.1, 0.15) is 72.1 Å². The molecule has 8 saturated heterocycles. The molecule has 127 heavy (non-hydrogen) atoms. The fraction of sp³-hybridized carbons (Fsp3) is 0.980. The second-order valence-corrected chi connectivity index (χ2v) is 27.9. The topological polar surface area (TPSA) is 853 Å². The molecule has 8 rings (SSSR count). The zero-order chi connectivity index (χ0) is 96.1. The first-order chi connectivity index (χ1) is 59.6. The number of methoxy groups -OCH3 is 1. The molecule has 0 aromatic rings. The van der Waals surface area contributed by atoms with Crippen molar-refractivity contribution >= 4 is 5.91 Å². The zero-order valence-electron chi connectivity index (χ0n) is 69.3. The second kappa shape index (κ2) is 55.4. The summed E-state index contributed by atoms with van der Waals surface area (Å²) < 4.78 is 4.86. The summed E-state index contributed by atoms with van der Waals surface area (Å²) in [4.78, 5) is 213. The van der Waals surface area contributed by atoms with Crippen molar-refractivity contribution in [2.24, 2.45) is 10.6 Å². The smallest absolute Gasteiger partial charge is 0.222 e. The van der Waals surface area contributed by atoms with E-state index in [-0.39, 0.29) is 257 Å². The van der Waals surface area contributed by atoms with Gasteiger partial charge in [-0.05, 0) is 72.3 Å². The van der Waals surface area contributed by atoms with Gasteiger partial charge in [-0.15, -0.1) is 90.0 Å². The molecule has 0 unspecified atom stereocenters. The van der Waals surface area contributed by atoms with Gasteiger partial charge in [0.2, 0.25) is 5.91 Å². The Hall–Kier alpha value is -14.8. The molecule has 0 N–H and O–H groups in total. The van der Waals surface area contributed by atoms with Crippen molar-refractivity contribution in [2.45, 2.75) is 78.2 Å². The predicted molar refractivity (Wildman–Crippen MR) is 409 cm³/mol. The number of ether oxygens (including phenoxy) is 1. The summed E-state index contributed by atoms with van der Waals surface area (Å²) in [5, 5.41) is 184. The lowest BCUT2D eigenvalue weighted by Gasteiger charge is -2.36. The van der Waals surface area contributed by atoms with E-state index in [4.69, 9.17) is 4.74 Å². The van der Waals surface area contributed by atoms with Crippen LogP contribution in [0.3, 0.4) is 0 Å². The molecular formula is C49H100N42O36. The van der Waals surface area contributed by atoms with Crippen LogP contribution in [0.15, 0.2) is 10.6 Å². The van der Waals surface area contributed by atoms with Crippen LogP contribution in [0, 0.1) is 172 Å². The molecule has 1 amide bonds. The molecule has 0 aromatic heterocycles. The SMILES string of the molecule is CC(=O)N1CN([N+](=O)[O-])CCCN([N+](=O)[O-])C1.CC(C)N1CN([N+](=O)[O-])CCCN([N+](=O)[O-])C1.CN1CN([N+](=O)[O-])CCCN([N+](=O)[O-])C1.COCN1CN([N+](=O)[O-])CCCN([N+](=O)[O-])C1.O=NN1CN([N+](=O)[O-])CCCN([N+](=O)[O-])C1.O=NN1CN([N+](=O)[O-])CCCN([N+](=O)[O-])C1.O=[N+]([O-])N1CCCN([N+](=O)[O-])CN(CN2CN([N+](=O)[O-])CCCN([N+](=O)[O-])C2)C1. The van der Waals surface area contributed by atoms with Crippen LogP contribution in [0.4, 0.5) is 0 Å². The third kappa shape index (κ3) is 40.9. The molecule has 0 aromatic carbocycles. The number of nitroso groups, excluding NO2 is 2. The minimum atomic E-state index is -0.653. The van der Waals surface area contributed by atoms with Crippen LogP contribution in [0.5, 0.6) is 0 Å². The Bertz CT molecular complexity index is 3360. The van der Waals surface area contributed by atoms with Crippen LogP contribution < -0.4 is 0 Å². The number of hydrazine groups is 16. The van der Waals surface area contributed by atoms with Gasteiger partial charge in [0.25, 0.3) is 0 Å². The van der Waals surface area contributed by atoms with Crippen LogP contribution in [-0.2, 0) is 9.53 Å². The fourth-order valence-electron chi connectivity index (χ4n) is 12.0. The van der Waals surface area contributed by atoms with E-state index in [1.165, 1.54) is 33.6 Å². The second-order valence-electron chi connectivity index (χ2n) is 27.9. The van der Waals surface area contributed by atoms with Crippen molar-refractivity contribution in [1.29, 1.82) is 0 Å². The highest BCUT2D eigenvalue weighted by Gasteiger charge is 2.38. The summed E-state index contributed by atoms with van der Waals surface area (Å²) >= 11 is 0. The number of carbonyl (C=O) groups excluding carboxylic acids is 1. The maximum Gasteiger partial charge on any atom is 0.222 e. The fourth-order valence-corrected chi connectivity index (χ4v) is 12.0. The number of nitro groups is 16. The van der Waals surface area contributed by atoms with E-state index >= 15 is 0 Å². The van der Waals surface area contributed by atoms with E-state index in [0.717, 1.165) is 95.1 Å². The van der Waals surface area contributed by atoms with Crippen LogP contribution in [-0.4, -0.2) is 451 Å². The van der Waals surface area contributed by atoms with Crippen molar-refractivity contribution in [3.63, 3.8) is 0 Å². The Morgan fingerprint density at radius 3 is 0.606 bits per heavy atom. The van der Waals surface area contributed by atoms with Crippen LogP contribution in [0.25, 0.3) is 0 Å². The molecule has 0 radical (unpaired) electrons. The number of carbonyl (C=O) groups is 1. The largest absolute Gasteiger partial charge is 0.369 e. The highest BCUT2D eigenvalue weighted by Crippen LogP contribution is 2.16. The molecule has 0 saturated carbocycles. The van der Waals surface area contributed by atoms with Gasteiger partial charge in [-0.1, -0.05) is 0 Å². The van der Waals surface area contributed by atoms with E-state index < -0.39 is 86.4 Å². The Balaban J connectivity index is 0.000000509. The minimum Gasteiger partial charge on any atom is -0.369 e. The summed E-state index contributed by atoms with van der Waals surface area (Å²) in [5.74, 6) is -0.439. The molecule has 8 aliphatic rings. The molecule has 0 aliphatic carbocycles. The van der Waals surface area contributed by atoms with Crippen molar-refractivity contribution in [3.8, 4) is 0 Å². The maximum absolute atomic E-state index is 11.2. The number of hydrogen-bond acceptors (Lipinski definition) is 43. The maximum atomic E-state index is 11.2. The average Bonchev–Trinajstić information content (AvgIpc) is 0.873. The van der Waals surface area contributed by atoms with Gasteiger partial charge in [0.15, 0.2) is 121 Å². The number of nitrogens with zero attached hydrogens (tertiary/aromatic N) is 42. The molecule has 8 aliphatic heterocycles. The van der Waals surface area contributed by atoms with Gasteiger partial charge in [-0.2, -0.15) is 0 Å². The van der Waals surface area contributed by atoms with Gasteiger partial charge in [-0.3, -0.25) is 19.5 Å². The van der Waals surface area contributed by atoms with Crippen molar-refractivity contribution < 1.29 is 90.0 Å². The lowest BCUT2D eigenvalue weighted by Crippen LogP contribution is -2.57. The lowest BCUT2D eigenvalue weighted by atomic mass is 10.3. The Morgan fingerprint density at radius 1 is 0.276 bits per heavy atom. The molecule has 0 atom stereocenters. The van der Waals surface area contributed by atoms with Crippen molar-refractivity contribution in [3.05, 3.63) is 172 Å².